The smallest absolute Gasteiger partial charge is 0.248 e. The topological polar surface area (TPSA) is 125 Å². The van der Waals surface area contributed by atoms with Crippen LogP contribution in [-0.4, -0.2) is 51.0 Å². The van der Waals surface area contributed by atoms with Crippen molar-refractivity contribution in [1.29, 1.82) is 0 Å². The molecule has 1 aromatic heterocycles. The lowest BCUT2D eigenvalue weighted by molar-refractivity contribution is 0.0849. The number of nitrogens with two attached hydrogens (primary N) is 1. The molecule has 0 spiro atoms. The van der Waals surface area contributed by atoms with E-state index < -0.39 is 12.0 Å². The van der Waals surface area contributed by atoms with E-state index in [1.807, 2.05) is 0 Å². The number of amides is 1. The molecule has 1 heterocycles. The number of nitrogens with zero attached hydrogens (tertiary/aromatic N) is 4. The molecule has 0 fully saturated rings. The Morgan fingerprint density at radius 2 is 1.81 bits per heavy atom. The highest BCUT2D eigenvalue weighted by molar-refractivity contribution is 5.93. The Morgan fingerprint density at radius 1 is 1.15 bits per heavy atom. The number of primary amides is 1. The number of aliphatic hydroxyl groups excluding tert-OH is 1. The molecule has 3 aromatic rings. The number of rotatable bonds is 8. The van der Waals surface area contributed by atoms with Crippen LogP contribution in [-0.2, 0) is 6.54 Å². The third-order valence-corrected chi connectivity index (χ3v) is 3.76. The van der Waals surface area contributed by atoms with Crippen LogP contribution in [0.1, 0.15) is 10.4 Å². The van der Waals surface area contributed by atoms with Gasteiger partial charge in [-0.05, 0) is 41.6 Å². The Balaban J connectivity index is 1.55. The lowest BCUT2D eigenvalue weighted by atomic mass is 10.1. The van der Waals surface area contributed by atoms with Crippen LogP contribution >= 0.6 is 0 Å². The van der Waals surface area contributed by atoms with Gasteiger partial charge in [0.15, 0.2) is 0 Å². The molecule has 0 radical (unpaired) electrons. The zero-order valence-electron chi connectivity index (χ0n) is 14.6. The molecule has 0 saturated carbocycles. The van der Waals surface area contributed by atoms with Gasteiger partial charge in [-0.15, -0.1) is 10.2 Å². The van der Waals surface area contributed by atoms with Crippen molar-refractivity contribution in [3.05, 3.63) is 54.1 Å². The fourth-order valence-corrected chi connectivity index (χ4v) is 2.33. The van der Waals surface area contributed by atoms with Crippen LogP contribution in [0.3, 0.4) is 0 Å². The molecule has 2 aromatic carbocycles. The molecule has 0 saturated heterocycles. The molecule has 1 amide bonds. The number of carbonyl (C=O) groups excluding carboxylic acids is 1. The van der Waals surface area contributed by atoms with Crippen LogP contribution < -0.4 is 15.2 Å². The molecular formula is C18H19N5O4. The lowest BCUT2D eigenvalue weighted by Crippen LogP contribution is -2.24. The summed E-state index contributed by atoms with van der Waals surface area (Å²) in [5.41, 5.74) is 6.30. The van der Waals surface area contributed by atoms with Gasteiger partial charge >= 0.3 is 0 Å². The number of carbonyl (C=O) groups is 1. The van der Waals surface area contributed by atoms with Gasteiger partial charge in [0.25, 0.3) is 0 Å². The van der Waals surface area contributed by atoms with E-state index in [2.05, 4.69) is 15.4 Å². The van der Waals surface area contributed by atoms with Crippen molar-refractivity contribution in [3.63, 3.8) is 0 Å². The van der Waals surface area contributed by atoms with Gasteiger partial charge in [0.2, 0.25) is 11.7 Å². The number of ether oxygens (including phenoxy) is 2. The van der Waals surface area contributed by atoms with E-state index in [1.165, 1.54) is 4.80 Å². The minimum Gasteiger partial charge on any atom is -0.497 e. The summed E-state index contributed by atoms with van der Waals surface area (Å²) < 4.78 is 10.6. The van der Waals surface area contributed by atoms with Crippen LogP contribution in [0.15, 0.2) is 48.5 Å². The van der Waals surface area contributed by atoms with Gasteiger partial charge in [0.05, 0.1) is 13.7 Å². The largest absolute Gasteiger partial charge is 0.497 e. The van der Waals surface area contributed by atoms with Crippen LogP contribution in [0.25, 0.3) is 11.4 Å². The van der Waals surface area contributed by atoms with Crippen LogP contribution in [0.4, 0.5) is 0 Å². The average Bonchev–Trinajstić information content (AvgIpc) is 3.15. The molecule has 1 atom stereocenters. The van der Waals surface area contributed by atoms with E-state index in [4.69, 9.17) is 15.2 Å². The Labute approximate surface area is 155 Å². The second-order valence-corrected chi connectivity index (χ2v) is 5.75. The predicted molar refractivity (Wildman–Crippen MR) is 96.3 cm³/mol. The summed E-state index contributed by atoms with van der Waals surface area (Å²) in [5, 5.41) is 22.2. The number of benzene rings is 2. The van der Waals surface area contributed by atoms with Crippen molar-refractivity contribution in [2.45, 2.75) is 12.6 Å². The average molecular weight is 369 g/mol. The highest BCUT2D eigenvalue weighted by Crippen LogP contribution is 2.17. The Hall–Kier alpha value is -3.46. The molecule has 0 unspecified atom stereocenters. The summed E-state index contributed by atoms with van der Waals surface area (Å²) in [6.07, 6.45) is -0.814. The van der Waals surface area contributed by atoms with Crippen molar-refractivity contribution >= 4 is 5.91 Å². The molecule has 9 nitrogen and oxygen atoms in total. The van der Waals surface area contributed by atoms with Gasteiger partial charge in [0.1, 0.15) is 24.2 Å². The Kier molecular flexibility index (Phi) is 5.62. The maximum atomic E-state index is 11.1. The monoisotopic (exact) mass is 369 g/mol. The molecule has 3 rings (SSSR count). The van der Waals surface area contributed by atoms with E-state index in [-0.39, 0.29) is 13.2 Å². The van der Waals surface area contributed by atoms with Gasteiger partial charge in [-0.3, -0.25) is 4.79 Å². The number of hydrogen-bond acceptors (Lipinski definition) is 7. The standard InChI is InChI=1S/C18H19N5O4/c1-26-15-6-8-16(9-7-15)27-11-14(24)10-23-21-18(20-22-23)13-4-2-12(3-5-13)17(19)25/h2-9,14,24H,10-11H2,1H3,(H2,19,25)/t14-/m0/s1. The number of hydrogen-bond donors (Lipinski definition) is 2. The van der Waals surface area contributed by atoms with Crippen molar-refractivity contribution in [2.24, 2.45) is 5.73 Å². The molecule has 0 bridgehead atoms. The maximum Gasteiger partial charge on any atom is 0.248 e. The van der Waals surface area contributed by atoms with Crippen molar-refractivity contribution in [3.8, 4) is 22.9 Å². The highest BCUT2D eigenvalue weighted by atomic mass is 16.5. The minimum absolute atomic E-state index is 0.0799. The first-order valence-electron chi connectivity index (χ1n) is 8.18. The zero-order valence-corrected chi connectivity index (χ0v) is 14.6. The second kappa shape index (κ2) is 8.28. The summed E-state index contributed by atoms with van der Waals surface area (Å²) in [4.78, 5) is 12.4. The quantitative estimate of drug-likeness (QED) is 0.604. The number of aromatic nitrogens is 4. The number of tetrazole rings is 1. The van der Waals surface area contributed by atoms with Crippen LogP contribution in [0, 0.1) is 0 Å². The first-order valence-corrected chi connectivity index (χ1v) is 8.18. The minimum atomic E-state index is -0.814. The van der Waals surface area contributed by atoms with E-state index in [0.717, 1.165) is 5.75 Å². The number of methoxy groups -OCH3 is 1. The lowest BCUT2D eigenvalue weighted by Gasteiger charge is -2.11. The first kappa shape index (κ1) is 18.3. The van der Waals surface area contributed by atoms with Crippen molar-refractivity contribution < 1.29 is 19.4 Å². The third-order valence-electron chi connectivity index (χ3n) is 3.76. The molecule has 0 aliphatic carbocycles. The van der Waals surface area contributed by atoms with Gasteiger partial charge < -0.3 is 20.3 Å². The van der Waals surface area contributed by atoms with E-state index in [0.29, 0.717) is 22.7 Å². The van der Waals surface area contributed by atoms with Gasteiger partial charge in [-0.25, -0.2) is 0 Å². The molecule has 3 N–H and O–H groups in total. The maximum absolute atomic E-state index is 11.1. The van der Waals surface area contributed by atoms with E-state index in [1.54, 1.807) is 55.6 Å². The predicted octanol–water partition coefficient (Wildman–Crippen LogP) is 0.887. The third kappa shape index (κ3) is 4.79. The summed E-state index contributed by atoms with van der Waals surface area (Å²) in [6, 6.07) is 13.6. The van der Waals surface area contributed by atoms with Crippen LogP contribution in [0.5, 0.6) is 11.5 Å². The summed E-state index contributed by atoms with van der Waals surface area (Å²) >= 11 is 0. The molecular weight excluding hydrogens is 350 g/mol. The molecule has 9 heteroatoms. The molecule has 0 aliphatic heterocycles. The molecule has 0 aliphatic rings. The summed E-state index contributed by atoms with van der Waals surface area (Å²) in [6.45, 7) is 0.207. The van der Waals surface area contributed by atoms with Gasteiger partial charge in [-0.1, -0.05) is 12.1 Å². The normalized spacial score (nSPS) is 11.8. The van der Waals surface area contributed by atoms with Crippen molar-refractivity contribution in [1.82, 2.24) is 20.2 Å². The van der Waals surface area contributed by atoms with E-state index in [9.17, 15) is 9.90 Å². The fraction of sp³-hybridized carbons (Fsp3) is 0.222. The van der Waals surface area contributed by atoms with Gasteiger partial charge in [-0.2, -0.15) is 4.80 Å². The van der Waals surface area contributed by atoms with E-state index >= 15 is 0 Å². The first-order chi connectivity index (χ1) is 13.0. The zero-order chi connectivity index (χ0) is 19.2. The number of aliphatic hydroxyl groups is 1. The summed E-state index contributed by atoms with van der Waals surface area (Å²) in [7, 11) is 1.59. The SMILES string of the molecule is COc1ccc(OC[C@@H](O)Cn2nnc(-c3ccc(C(N)=O)cc3)n2)cc1. The van der Waals surface area contributed by atoms with Gasteiger partial charge in [0, 0.05) is 11.1 Å². The van der Waals surface area contributed by atoms with Crippen LogP contribution in [0.2, 0.25) is 0 Å². The summed E-state index contributed by atoms with van der Waals surface area (Å²) in [5.74, 6) is 1.23. The molecule has 140 valence electrons. The fourth-order valence-electron chi connectivity index (χ4n) is 2.33. The second-order valence-electron chi connectivity index (χ2n) is 5.75. The molecule has 27 heavy (non-hydrogen) atoms. The highest BCUT2D eigenvalue weighted by Gasteiger charge is 2.12. The Bertz CT molecular complexity index is 893. The van der Waals surface area contributed by atoms with Crippen molar-refractivity contribution in [2.75, 3.05) is 13.7 Å². The Morgan fingerprint density at radius 3 is 2.44 bits per heavy atom.